The van der Waals surface area contributed by atoms with E-state index < -0.39 is 18.0 Å². The maximum Gasteiger partial charge on any atom is 0.319 e. The molecule has 0 spiro atoms. The van der Waals surface area contributed by atoms with Gasteiger partial charge < -0.3 is 15.7 Å². The van der Waals surface area contributed by atoms with Gasteiger partial charge in [-0.2, -0.15) is 0 Å². The van der Waals surface area contributed by atoms with Gasteiger partial charge in [-0.1, -0.05) is 36.4 Å². The van der Waals surface area contributed by atoms with E-state index >= 15 is 0 Å². The minimum absolute atomic E-state index is 0.110. The van der Waals surface area contributed by atoms with E-state index in [4.69, 9.17) is 0 Å². The van der Waals surface area contributed by atoms with Crippen LogP contribution in [0.15, 0.2) is 48.5 Å². The van der Waals surface area contributed by atoms with E-state index in [1.165, 1.54) is 23.3 Å². The summed E-state index contributed by atoms with van der Waals surface area (Å²) in [6.07, 6.45) is 0.279. The zero-order valence-corrected chi connectivity index (χ0v) is 13.9. The van der Waals surface area contributed by atoms with Crippen LogP contribution in [0.2, 0.25) is 0 Å². The van der Waals surface area contributed by atoms with Gasteiger partial charge >= 0.3 is 6.03 Å². The Morgan fingerprint density at radius 1 is 1.16 bits per heavy atom. The van der Waals surface area contributed by atoms with Crippen molar-refractivity contribution in [2.45, 2.75) is 19.1 Å². The Hall–Kier alpha value is -2.44. The number of amides is 2. The van der Waals surface area contributed by atoms with Crippen LogP contribution < -0.4 is 10.6 Å². The molecular formula is C19H22FN3O2. The third-order valence-corrected chi connectivity index (χ3v) is 4.30. The van der Waals surface area contributed by atoms with E-state index in [-0.39, 0.29) is 12.2 Å². The fourth-order valence-electron chi connectivity index (χ4n) is 3.01. The molecule has 0 unspecified atom stereocenters. The quantitative estimate of drug-likeness (QED) is 0.781. The molecule has 0 fully saturated rings. The van der Waals surface area contributed by atoms with Gasteiger partial charge in [-0.05, 0) is 29.7 Å². The molecule has 1 heterocycles. The first-order valence-corrected chi connectivity index (χ1v) is 8.38. The van der Waals surface area contributed by atoms with E-state index in [0.717, 1.165) is 19.5 Å². The molecule has 0 aromatic heterocycles. The van der Waals surface area contributed by atoms with Crippen LogP contribution in [0.4, 0.5) is 14.9 Å². The Morgan fingerprint density at radius 3 is 2.68 bits per heavy atom. The van der Waals surface area contributed by atoms with Gasteiger partial charge in [-0.25, -0.2) is 9.18 Å². The van der Waals surface area contributed by atoms with E-state index in [1.54, 1.807) is 12.1 Å². The number of hydrogen-bond acceptors (Lipinski definition) is 3. The molecule has 0 saturated carbocycles. The lowest BCUT2D eigenvalue weighted by Crippen LogP contribution is -2.43. The van der Waals surface area contributed by atoms with Crippen LogP contribution in [0.25, 0.3) is 0 Å². The second kappa shape index (κ2) is 8.09. The predicted octanol–water partition coefficient (Wildman–Crippen LogP) is 2.37. The molecule has 3 rings (SSSR count). The third kappa shape index (κ3) is 4.78. The first-order valence-electron chi connectivity index (χ1n) is 8.38. The molecule has 1 aliphatic rings. The number of anilines is 1. The molecule has 2 aromatic carbocycles. The highest BCUT2D eigenvalue weighted by Crippen LogP contribution is 2.18. The summed E-state index contributed by atoms with van der Waals surface area (Å²) in [5.74, 6) is -0.495. The predicted molar refractivity (Wildman–Crippen MR) is 94.9 cm³/mol. The number of urea groups is 1. The van der Waals surface area contributed by atoms with E-state index in [1.807, 2.05) is 12.1 Å². The number of nitrogens with one attached hydrogen (secondary N) is 2. The SMILES string of the molecule is O=C(NC[C@@H](O)CN1CCc2ccccc2C1)Nc1ccccc1F. The molecule has 0 aliphatic carbocycles. The molecule has 5 nitrogen and oxygen atoms in total. The summed E-state index contributed by atoms with van der Waals surface area (Å²) in [6.45, 7) is 2.27. The Labute approximate surface area is 146 Å². The maximum atomic E-state index is 13.5. The van der Waals surface area contributed by atoms with Gasteiger partial charge in [0.1, 0.15) is 5.82 Å². The molecular weight excluding hydrogens is 321 g/mol. The van der Waals surface area contributed by atoms with E-state index in [2.05, 4.69) is 27.7 Å². The molecule has 25 heavy (non-hydrogen) atoms. The number of fused-ring (bicyclic) bond motifs is 1. The second-order valence-corrected chi connectivity index (χ2v) is 6.22. The van der Waals surface area contributed by atoms with Crippen LogP contribution in [0.3, 0.4) is 0 Å². The molecule has 3 N–H and O–H groups in total. The van der Waals surface area contributed by atoms with Crippen molar-refractivity contribution in [3.05, 3.63) is 65.5 Å². The highest BCUT2D eigenvalue weighted by Gasteiger charge is 2.18. The standard InChI is InChI=1S/C19H22FN3O2/c20-17-7-3-4-8-18(17)22-19(25)21-11-16(24)13-23-10-9-14-5-1-2-6-15(14)12-23/h1-8,16,24H,9-13H2,(H2,21,22,25)/t16-/m1/s1. The Kier molecular flexibility index (Phi) is 5.63. The average Bonchev–Trinajstić information content (AvgIpc) is 2.62. The number of rotatable bonds is 5. The first-order chi connectivity index (χ1) is 12.1. The van der Waals surface area contributed by atoms with Crippen LogP contribution in [0.5, 0.6) is 0 Å². The monoisotopic (exact) mass is 343 g/mol. The Bertz CT molecular complexity index is 738. The number of benzene rings is 2. The molecule has 0 bridgehead atoms. The molecule has 132 valence electrons. The third-order valence-electron chi connectivity index (χ3n) is 4.30. The first kappa shape index (κ1) is 17.4. The lowest BCUT2D eigenvalue weighted by molar-refractivity contribution is 0.106. The molecule has 0 saturated heterocycles. The summed E-state index contributed by atoms with van der Waals surface area (Å²) < 4.78 is 13.5. The number of aliphatic hydroxyl groups is 1. The largest absolute Gasteiger partial charge is 0.390 e. The summed E-state index contributed by atoms with van der Waals surface area (Å²) in [5.41, 5.74) is 2.75. The number of β-amino-alcohol motifs (C(OH)–C–C–N with tert-alkyl or cyclic N) is 1. The molecule has 0 radical (unpaired) electrons. The van der Waals surface area contributed by atoms with Crippen molar-refractivity contribution < 1.29 is 14.3 Å². The highest BCUT2D eigenvalue weighted by atomic mass is 19.1. The van der Waals surface area contributed by atoms with Gasteiger partial charge in [0, 0.05) is 26.2 Å². The fraction of sp³-hybridized carbons (Fsp3) is 0.316. The molecule has 1 aliphatic heterocycles. The van der Waals surface area contributed by atoms with Crippen molar-refractivity contribution in [1.29, 1.82) is 0 Å². The number of halogens is 1. The summed E-state index contributed by atoms with van der Waals surface area (Å²) in [7, 11) is 0. The number of carbonyl (C=O) groups excluding carboxylic acids is 1. The smallest absolute Gasteiger partial charge is 0.319 e. The van der Waals surface area contributed by atoms with Gasteiger partial charge in [0.2, 0.25) is 0 Å². The minimum Gasteiger partial charge on any atom is -0.390 e. The van der Waals surface area contributed by atoms with Crippen molar-refractivity contribution in [2.24, 2.45) is 0 Å². The average molecular weight is 343 g/mol. The summed E-state index contributed by atoms with van der Waals surface area (Å²) in [5, 5.41) is 15.2. The topological polar surface area (TPSA) is 64.6 Å². The number of carbonyl (C=O) groups is 1. The molecule has 2 amide bonds. The van der Waals surface area contributed by atoms with Gasteiger partial charge in [0.15, 0.2) is 0 Å². The lowest BCUT2D eigenvalue weighted by atomic mass is 10.00. The molecule has 6 heteroatoms. The second-order valence-electron chi connectivity index (χ2n) is 6.22. The van der Waals surface area contributed by atoms with Crippen LogP contribution in [-0.4, -0.2) is 41.8 Å². The summed E-state index contributed by atoms with van der Waals surface area (Å²) >= 11 is 0. The Morgan fingerprint density at radius 2 is 1.88 bits per heavy atom. The number of para-hydroxylation sites is 1. The fourth-order valence-corrected chi connectivity index (χ4v) is 3.01. The van der Waals surface area contributed by atoms with Crippen LogP contribution in [0.1, 0.15) is 11.1 Å². The summed E-state index contributed by atoms with van der Waals surface area (Å²) in [4.78, 5) is 14.0. The van der Waals surface area contributed by atoms with Crippen molar-refractivity contribution in [3.63, 3.8) is 0 Å². The van der Waals surface area contributed by atoms with Gasteiger partial charge in [-0.15, -0.1) is 0 Å². The van der Waals surface area contributed by atoms with Crippen LogP contribution in [-0.2, 0) is 13.0 Å². The Balaban J connectivity index is 1.43. The zero-order valence-electron chi connectivity index (χ0n) is 13.9. The maximum absolute atomic E-state index is 13.5. The van der Waals surface area contributed by atoms with Gasteiger partial charge in [0.25, 0.3) is 0 Å². The highest BCUT2D eigenvalue weighted by molar-refractivity contribution is 5.89. The van der Waals surface area contributed by atoms with E-state index in [9.17, 15) is 14.3 Å². The zero-order chi connectivity index (χ0) is 17.6. The molecule has 1 atom stereocenters. The van der Waals surface area contributed by atoms with E-state index in [0.29, 0.717) is 6.54 Å². The number of aliphatic hydroxyl groups excluding tert-OH is 1. The van der Waals surface area contributed by atoms with Gasteiger partial charge in [-0.3, -0.25) is 4.90 Å². The minimum atomic E-state index is -0.684. The van der Waals surface area contributed by atoms with Crippen molar-refractivity contribution in [1.82, 2.24) is 10.2 Å². The number of nitrogens with zero attached hydrogens (tertiary/aromatic N) is 1. The summed E-state index contributed by atoms with van der Waals surface area (Å²) in [6, 6.07) is 13.7. The van der Waals surface area contributed by atoms with Crippen molar-refractivity contribution in [3.8, 4) is 0 Å². The van der Waals surface area contributed by atoms with Crippen molar-refractivity contribution >= 4 is 11.7 Å². The normalized spacial score (nSPS) is 15.3. The van der Waals surface area contributed by atoms with Gasteiger partial charge in [0.05, 0.1) is 11.8 Å². The van der Waals surface area contributed by atoms with Crippen molar-refractivity contribution in [2.75, 3.05) is 25.0 Å². The number of hydrogen-bond donors (Lipinski definition) is 3. The van der Waals surface area contributed by atoms with Crippen LogP contribution in [0, 0.1) is 5.82 Å². The van der Waals surface area contributed by atoms with Crippen LogP contribution >= 0.6 is 0 Å². The molecule has 2 aromatic rings. The lowest BCUT2D eigenvalue weighted by Gasteiger charge is -2.30.